The van der Waals surface area contributed by atoms with Crippen LogP contribution in [0.4, 0.5) is 4.79 Å². The molecule has 0 bridgehead atoms. The molecule has 1 fully saturated rings. The van der Waals surface area contributed by atoms with Crippen molar-refractivity contribution in [3.63, 3.8) is 0 Å². The van der Waals surface area contributed by atoms with Crippen LogP contribution in [0.3, 0.4) is 0 Å². The highest BCUT2D eigenvalue weighted by atomic mass is 79.9. The molecule has 2 amide bonds. The van der Waals surface area contributed by atoms with Gasteiger partial charge in [0.05, 0.1) is 18.1 Å². The Hall–Kier alpha value is -1.67. The number of aromatic hydroxyl groups is 1. The number of halogens is 3. The number of phenolic OH excluding ortho intramolecular Hbond substituents is 1. The molecule has 0 spiro atoms. The van der Waals surface area contributed by atoms with Crippen LogP contribution in [0.2, 0.25) is 10.0 Å². The van der Waals surface area contributed by atoms with Crippen LogP contribution in [-0.2, 0) is 11.3 Å². The van der Waals surface area contributed by atoms with E-state index in [1.807, 2.05) is 0 Å². The highest BCUT2D eigenvalue weighted by molar-refractivity contribution is 9.10. The first-order valence-corrected chi connectivity index (χ1v) is 10.5. The summed E-state index contributed by atoms with van der Waals surface area (Å²) in [7, 11) is 0. The van der Waals surface area contributed by atoms with Crippen LogP contribution in [0.5, 0.6) is 11.5 Å². The SMILES string of the molecule is CCOc1cc(/C=C2\SC(=O)N(Cc3ccc(Cl)cc3Cl)C2=O)c(Br)cc1O. The maximum absolute atomic E-state index is 12.7. The number of hydrogen-bond donors (Lipinski definition) is 1. The summed E-state index contributed by atoms with van der Waals surface area (Å²) >= 11 is 16.2. The van der Waals surface area contributed by atoms with Crippen LogP contribution in [0, 0.1) is 0 Å². The van der Waals surface area contributed by atoms with E-state index >= 15 is 0 Å². The molecule has 2 aromatic rings. The van der Waals surface area contributed by atoms with Crippen molar-refractivity contribution in [2.75, 3.05) is 6.61 Å². The Bertz CT molecular complexity index is 996. The van der Waals surface area contributed by atoms with E-state index in [4.69, 9.17) is 27.9 Å². The topological polar surface area (TPSA) is 66.8 Å². The molecule has 28 heavy (non-hydrogen) atoms. The van der Waals surface area contributed by atoms with Crippen molar-refractivity contribution in [2.45, 2.75) is 13.5 Å². The zero-order valence-electron chi connectivity index (χ0n) is 14.5. The third kappa shape index (κ3) is 4.49. The molecular weight excluding hydrogens is 489 g/mol. The fourth-order valence-corrected chi connectivity index (χ4v) is 4.28. The lowest BCUT2D eigenvalue weighted by molar-refractivity contribution is -0.123. The first-order valence-electron chi connectivity index (χ1n) is 8.14. The van der Waals surface area contributed by atoms with Crippen molar-refractivity contribution >= 4 is 68.1 Å². The molecule has 1 N–H and O–H groups in total. The number of nitrogens with zero attached hydrogens (tertiary/aromatic N) is 1. The van der Waals surface area contributed by atoms with E-state index in [1.165, 1.54) is 6.07 Å². The molecule has 0 aromatic heterocycles. The van der Waals surface area contributed by atoms with Crippen molar-refractivity contribution in [3.8, 4) is 11.5 Å². The number of rotatable bonds is 5. The third-order valence-corrected chi connectivity index (χ3v) is 6.06. The third-order valence-electron chi connectivity index (χ3n) is 3.88. The Kier molecular flexibility index (Phi) is 6.60. The second-order valence-corrected chi connectivity index (χ2v) is 8.47. The second-order valence-electron chi connectivity index (χ2n) is 5.78. The highest BCUT2D eigenvalue weighted by Gasteiger charge is 2.35. The molecule has 0 aliphatic carbocycles. The summed E-state index contributed by atoms with van der Waals surface area (Å²) in [4.78, 5) is 26.5. The molecular formula is C19H14BrCl2NO4S. The Morgan fingerprint density at radius 3 is 2.68 bits per heavy atom. The number of amides is 2. The smallest absolute Gasteiger partial charge is 0.293 e. The molecule has 2 aromatic carbocycles. The van der Waals surface area contributed by atoms with Gasteiger partial charge in [-0.05, 0) is 60.2 Å². The van der Waals surface area contributed by atoms with Gasteiger partial charge in [0.15, 0.2) is 11.5 Å². The van der Waals surface area contributed by atoms with Gasteiger partial charge >= 0.3 is 0 Å². The number of benzene rings is 2. The van der Waals surface area contributed by atoms with Crippen LogP contribution in [0.25, 0.3) is 6.08 Å². The van der Waals surface area contributed by atoms with Crippen molar-refractivity contribution in [1.82, 2.24) is 4.90 Å². The lowest BCUT2D eigenvalue weighted by Crippen LogP contribution is -2.27. The zero-order valence-corrected chi connectivity index (χ0v) is 18.5. The van der Waals surface area contributed by atoms with Crippen molar-refractivity contribution in [1.29, 1.82) is 0 Å². The minimum absolute atomic E-state index is 0.0173. The van der Waals surface area contributed by atoms with Gasteiger partial charge in [-0.2, -0.15) is 0 Å². The monoisotopic (exact) mass is 501 g/mol. The summed E-state index contributed by atoms with van der Waals surface area (Å²) in [6.07, 6.45) is 1.58. The molecule has 1 aliphatic rings. The quantitative estimate of drug-likeness (QED) is 0.500. The van der Waals surface area contributed by atoms with Gasteiger partial charge in [-0.25, -0.2) is 0 Å². The summed E-state index contributed by atoms with van der Waals surface area (Å²) in [6, 6.07) is 7.99. The number of phenols is 1. The van der Waals surface area contributed by atoms with Gasteiger partial charge in [0.25, 0.3) is 11.1 Å². The predicted molar refractivity (Wildman–Crippen MR) is 115 cm³/mol. The van der Waals surface area contributed by atoms with Crippen LogP contribution in [0.15, 0.2) is 39.7 Å². The van der Waals surface area contributed by atoms with Crippen molar-refractivity contribution in [3.05, 3.63) is 60.9 Å². The minimum atomic E-state index is -0.418. The van der Waals surface area contributed by atoms with E-state index in [9.17, 15) is 14.7 Å². The zero-order chi connectivity index (χ0) is 20.4. The van der Waals surface area contributed by atoms with E-state index in [0.29, 0.717) is 38.0 Å². The number of carbonyl (C=O) groups excluding carboxylic acids is 2. The normalized spacial score (nSPS) is 15.6. The van der Waals surface area contributed by atoms with Crippen LogP contribution < -0.4 is 4.74 Å². The Balaban J connectivity index is 1.88. The molecule has 1 heterocycles. The Labute approximate surface area is 184 Å². The molecule has 0 radical (unpaired) electrons. The van der Waals surface area contributed by atoms with Gasteiger partial charge in [-0.3, -0.25) is 14.5 Å². The number of hydrogen-bond acceptors (Lipinski definition) is 5. The van der Waals surface area contributed by atoms with Crippen molar-refractivity contribution in [2.24, 2.45) is 0 Å². The molecule has 1 aliphatic heterocycles. The molecule has 0 saturated carbocycles. The van der Waals surface area contributed by atoms with Gasteiger partial charge < -0.3 is 9.84 Å². The summed E-state index contributed by atoms with van der Waals surface area (Å²) < 4.78 is 5.94. The van der Waals surface area contributed by atoms with Gasteiger partial charge in [-0.15, -0.1) is 0 Å². The van der Waals surface area contributed by atoms with Crippen molar-refractivity contribution < 1.29 is 19.4 Å². The number of imide groups is 1. The first-order chi connectivity index (χ1) is 13.3. The van der Waals surface area contributed by atoms with Gasteiger partial charge in [0.2, 0.25) is 0 Å². The lowest BCUT2D eigenvalue weighted by atomic mass is 10.1. The Morgan fingerprint density at radius 2 is 2.00 bits per heavy atom. The van der Waals surface area contributed by atoms with Crippen LogP contribution in [-0.4, -0.2) is 27.8 Å². The summed E-state index contributed by atoms with van der Waals surface area (Å²) in [5.41, 5.74) is 1.23. The standard InChI is InChI=1S/C19H14BrCl2NO4S/c1-2-27-16-5-11(13(20)8-15(16)24)6-17-18(25)23(19(26)28-17)9-10-3-4-12(21)7-14(10)22/h3-8,24H,2,9H2,1H3/b17-6-. The Morgan fingerprint density at radius 1 is 1.25 bits per heavy atom. The molecule has 3 rings (SSSR count). The average molecular weight is 503 g/mol. The van der Waals surface area contributed by atoms with Gasteiger partial charge in [-0.1, -0.05) is 45.2 Å². The molecule has 0 atom stereocenters. The summed E-state index contributed by atoms with van der Waals surface area (Å²) in [5.74, 6) is -0.139. The van der Waals surface area contributed by atoms with Gasteiger partial charge in [0, 0.05) is 14.5 Å². The predicted octanol–water partition coefficient (Wildman–Crippen LogP) is 6.10. The average Bonchev–Trinajstić information content (AvgIpc) is 2.88. The summed E-state index contributed by atoms with van der Waals surface area (Å²) in [5, 5.41) is 10.4. The van der Waals surface area contributed by atoms with E-state index < -0.39 is 5.91 Å². The van der Waals surface area contributed by atoms with E-state index in [0.717, 1.165) is 16.7 Å². The number of thioether (sulfide) groups is 1. The minimum Gasteiger partial charge on any atom is -0.504 e. The largest absolute Gasteiger partial charge is 0.504 e. The number of carbonyl (C=O) groups is 2. The maximum Gasteiger partial charge on any atom is 0.293 e. The molecule has 1 saturated heterocycles. The highest BCUT2D eigenvalue weighted by Crippen LogP contribution is 2.38. The van der Waals surface area contributed by atoms with E-state index in [-0.39, 0.29) is 22.4 Å². The van der Waals surface area contributed by atoms with E-state index in [1.54, 1.807) is 37.3 Å². The number of ether oxygens (including phenoxy) is 1. The molecule has 0 unspecified atom stereocenters. The lowest BCUT2D eigenvalue weighted by Gasteiger charge is -2.13. The van der Waals surface area contributed by atoms with Crippen LogP contribution in [0.1, 0.15) is 18.1 Å². The fourth-order valence-electron chi connectivity index (χ4n) is 2.54. The maximum atomic E-state index is 12.7. The fraction of sp³-hybridized carbons (Fsp3) is 0.158. The van der Waals surface area contributed by atoms with E-state index in [2.05, 4.69) is 15.9 Å². The summed E-state index contributed by atoms with van der Waals surface area (Å²) in [6.45, 7) is 2.24. The first kappa shape index (κ1) is 21.0. The molecule has 146 valence electrons. The molecule has 9 heteroatoms. The van der Waals surface area contributed by atoms with Crippen LogP contribution >= 0.6 is 50.9 Å². The second kappa shape index (κ2) is 8.78. The molecule has 5 nitrogen and oxygen atoms in total. The van der Waals surface area contributed by atoms with Gasteiger partial charge in [0.1, 0.15) is 0 Å².